The molecule has 1 unspecified atom stereocenters. The summed E-state index contributed by atoms with van der Waals surface area (Å²) >= 11 is 5.36. The zero-order valence-corrected chi connectivity index (χ0v) is 13.4. The van der Waals surface area contributed by atoms with Gasteiger partial charge in [0, 0.05) is 14.2 Å². The maximum absolute atomic E-state index is 3.58. The fourth-order valence-electron chi connectivity index (χ4n) is 2.20. The lowest BCUT2D eigenvalue weighted by atomic mass is 9.99. The van der Waals surface area contributed by atoms with Gasteiger partial charge < -0.3 is 5.32 Å². The van der Waals surface area contributed by atoms with E-state index in [1.165, 1.54) is 20.9 Å². The van der Waals surface area contributed by atoms with E-state index in [1.807, 2.05) is 11.3 Å². The number of hydrogen-bond acceptors (Lipinski definition) is 2. The number of thiophene rings is 1. The van der Waals surface area contributed by atoms with Gasteiger partial charge in [-0.15, -0.1) is 11.3 Å². The molecule has 0 aliphatic heterocycles. The predicted molar refractivity (Wildman–Crippen MR) is 83.5 cm³/mol. The van der Waals surface area contributed by atoms with Gasteiger partial charge in [0.2, 0.25) is 0 Å². The minimum atomic E-state index is 0.299. The second-order valence-electron chi connectivity index (χ2n) is 4.41. The van der Waals surface area contributed by atoms with Crippen molar-refractivity contribution in [1.29, 1.82) is 0 Å². The third-order valence-corrected chi connectivity index (χ3v) is 4.51. The summed E-state index contributed by atoms with van der Waals surface area (Å²) in [6.45, 7) is 7.50. The fraction of sp³-hybridized carbons (Fsp3) is 0.333. The van der Waals surface area contributed by atoms with E-state index in [1.54, 1.807) is 0 Å². The van der Waals surface area contributed by atoms with E-state index in [4.69, 9.17) is 0 Å². The molecule has 0 bridgehead atoms. The molecule has 18 heavy (non-hydrogen) atoms. The molecule has 2 rings (SSSR count). The summed E-state index contributed by atoms with van der Waals surface area (Å²) in [4.78, 5) is 2.78. The summed E-state index contributed by atoms with van der Waals surface area (Å²) < 4.78 is 1.12. The van der Waals surface area contributed by atoms with Crippen molar-refractivity contribution in [2.75, 3.05) is 6.54 Å². The molecular formula is C15H18BrNS. The van der Waals surface area contributed by atoms with Crippen LogP contribution < -0.4 is 5.32 Å². The standard InChI is InChI=1S/C15H18BrNS/c1-4-17-15(12-5-7-13(16)8-6-12)14-9-10(2)18-11(14)3/h5-9,15,17H,4H2,1-3H3. The number of nitrogens with one attached hydrogen (secondary N) is 1. The highest BCUT2D eigenvalue weighted by Gasteiger charge is 2.16. The minimum Gasteiger partial charge on any atom is -0.306 e. The molecule has 1 heterocycles. The number of hydrogen-bond donors (Lipinski definition) is 1. The number of benzene rings is 1. The monoisotopic (exact) mass is 323 g/mol. The highest BCUT2D eigenvalue weighted by molar-refractivity contribution is 9.10. The van der Waals surface area contributed by atoms with Crippen LogP contribution in [0.5, 0.6) is 0 Å². The van der Waals surface area contributed by atoms with Crippen LogP contribution >= 0.6 is 27.3 Å². The lowest BCUT2D eigenvalue weighted by Gasteiger charge is -2.18. The van der Waals surface area contributed by atoms with Gasteiger partial charge in [-0.2, -0.15) is 0 Å². The average Bonchev–Trinajstić information content (AvgIpc) is 2.67. The summed E-state index contributed by atoms with van der Waals surface area (Å²) in [7, 11) is 0. The highest BCUT2D eigenvalue weighted by Crippen LogP contribution is 2.31. The molecule has 96 valence electrons. The first kappa shape index (κ1) is 13.8. The van der Waals surface area contributed by atoms with Gasteiger partial charge in [-0.25, -0.2) is 0 Å². The van der Waals surface area contributed by atoms with E-state index in [0.29, 0.717) is 6.04 Å². The van der Waals surface area contributed by atoms with E-state index in [0.717, 1.165) is 11.0 Å². The van der Waals surface area contributed by atoms with Gasteiger partial charge in [0.05, 0.1) is 6.04 Å². The number of aryl methyl sites for hydroxylation is 2. The van der Waals surface area contributed by atoms with Crippen LogP contribution in [0.2, 0.25) is 0 Å². The van der Waals surface area contributed by atoms with Crippen molar-refractivity contribution >= 4 is 27.3 Å². The molecule has 0 amide bonds. The van der Waals surface area contributed by atoms with Crippen molar-refractivity contribution < 1.29 is 0 Å². The third kappa shape index (κ3) is 3.02. The van der Waals surface area contributed by atoms with Gasteiger partial charge in [0.15, 0.2) is 0 Å². The Kier molecular flexibility index (Phi) is 4.60. The first-order valence-electron chi connectivity index (χ1n) is 6.17. The van der Waals surface area contributed by atoms with Gasteiger partial charge in [0.25, 0.3) is 0 Å². The van der Waals surface area contributed by atoms with Crippen LogP contribution in [0.25, 0.3) is 0 Å². The van der Waals surface area contributed by atoms with E-state index < -0.39 is 0 Å². The van der Waals surface area contributed by atoms with Crippen molar-refractivity contribution in [3.63, 3.8) is 0 Å². The quantitative estimate of drug-likeness (QED) is 0.850. The highest BCUT2D eigenvalue weighted by atomic mass is 79.9. The SMILES string of the molecule is CCNC(c1ccc(Br)cc1)c1cc(C)sc1C. The zero-order chi connectivity index (χ0) is 13.1. The number of rotatable bonds is 4. The molecule has 0 fully saturated rings. The van der Waals surface area contributed by atoms with Crippen LogP contribution in [-0.2, 0) is 0 Å². The summed E-state index contributed by atoms with van der Waals surface area (Å²) in [5, 5.41) is 3.58. The predicted octanol–water partition coefficient (Wildman–Crippen LogP) is 4.83. The largest absolute Gasteiger partial charge is 0.306 e. The number of halogens is 1. The zero-order valence-electron chi connectivity index (χ0n) is 11.0. The molecule has 1 atom stereocenters. The smallest absolute Gasteiger partial charge is 0.0587 e. The Balaban J connectivity index is 2.39. The second-order valence-corrected chi connectivity index (χ2v) is 6.79. The van der Waals surface area contributed by atoms with E-state index >= 15 is 0 Å². The van der Waals surface area contributed by atoms with Crippen LogP contribution in [0.1, 0.15) is 33.8 Å². The summed E-state index contributed by atoms with van der Waals surface area (Å²) in [5.41, 5.74) is 2.72. The van der Waals surface area contributed by atoms with Crippen molar-refractivity contribution in [2.24, 2.45) is 0 Å². The maximum Gasteiger partial charge on any atom is 0.0587 e. The average molecular weight is 324 g/mol. The maximum atomic E-state index is 3.58. The van der Waals surface area contributed by atoms with Crippen LogP contribution in [-0.4, -0.2) is 6.54 Å². The van der Waals surface area contributed by atoms with Crippen LogP contribution in [0.4, 0.5) is 0 Å². The molecule has 1 nitrogen and oxygen atoms in total. The minimum absolute atomic E-state index is 0.299. The van der Waals surface area contributed by atoms with Crippen LogP contribution in [0.15, 0.2) is 34.8 Å². The van der Waals surface area contributed by atoms with Crippen molar-refractivity contribution in [2.45, 2.75) is 26.8 Å². The molecule has 2 aromatic rings. The Hall–Kier alpha value is -0.640. The molecule has 0 spiro atoms. The van der Waals surface area contributed by atoms with Gasteiger partial charge in [-0.3, -0.25) is 0 Å². The topological polar surface area (TPSA) is 12.0 Å². The Morgan fingerprint density at radius 2 is 1.89 bits per heavy atom. The molecule has 3 heteroatoms. The molecule has 0 saturated carbocycles. The van der Waals surface area contributed by atoms with Gasteiger partial charge in [-0.1, -0.05) is 35.0 Å². The van der Waals surface area contributed by atoms with Crippen molar-refractivity contribution in [3.05, 3.63) is 55.7 Å². The fourth-order valence-corrected chi connectivity index (χ4v) is 3.43. The molecule has 0 aliphatic rings. The van der Waals surface area contributed by atoms with Gasteiger partial charge >= 0.3 is 0 Å². The Labute approximate surface area is 121 Å². The van der Waals surface area contributed by atoms with Crippen molar-refractivity contribution in [1.82, 2.24) is 5.32 Å². The lowest BCUT2D eigenvalue weighted by Crippen LogP contribution is -2.22. The second kappa shape index (κ2) is 6.00. The lowest BCUT2D eigenvalue weighted by molar-refractivity contribution is 0.630. The van der Waals surface area contributed by atoms with E-state index in [-0.39, 0.29) is 0 Å². The summed E-state index contributed by atoms with van der Waals surface area (Å²) in [5.74, 6) is 0. The third-order valence-electron chi connectivity index (χ3n) is 3.00. The van der Waals surface area contributed by atoms with Crippen molar-refractivity contribution in [3.8, 4) is 0 Å². The Morgan fingerprint density at radius 1 is 1.22 bits per heavy atom. The first-order chi connectivity index (χ1) is 8.61. The molecule has 1 N–H and O–H groups in total. The Morgan fingerprint density at radius 3 is 2.39 bits per heavy atom. The summed E-state index contributed by atoms with van der Waals surface area (Å²) in [6, 6.07) is 11.2. The van der Waals surface area contributed by atoms with E-state index in [9.17, 15) is 0 Å². The van der Waals surface area contributed by atoms with Crippen LogP contribution in [0, 0.1) is 13.8 Å². The first-order valence-corrected chi connectivity index (χ1v) is 7.78. The molecule has 0 radical (unpaired) electrons. The molecule has 1 aromatic carbocycles. The Bertz CT molecular complexity index is 516. The van der Waals surface area contributed by atoms with Gasteiger partial charge in [0.1, 0.15) is 0 Å². The van der Waals surface area contributed by atoms with Gasteiger partial charge in [-0.05, 0) is 49.7 Å². The van der Waals surface area contributed by atoms with E-state index in [2.05, 4.69) is 72.3 Å². The molecule has 0 aliphatic carbocycles. The molecule has 1 aromatic heterocycles. The normalized spacial score (nSPS) is 12.7. The molecular weight excluding hydrogens is 306 g/mol. The van der Waals surface area contributed by atoms with Crippen LogP contribution in [0.3, 0.4) is 0 Å². The summed E-state index contributed by atoms with van der Waals surface area (Å²) in [6.07, 6.45) is 0. The molecule has 0 saturated heterocycles.